The van der Waals surface area contributed by atoms with Gasteiger partial charge in [-0.3, -0.25) is 14.9 Å². The number of nitrogens with zero attached hydrogens (tertiary/aromatic N) is 2. The van der Waals surface area contributed by atoms with Crippen LogP contribution in [0.1, 0.15) is 41.5 Å². The standard InChI is InChI=1S/C24H22N4O2/c29-22-6-2-1-5-19(22)17-12-18(13-17)21-14-23(28-27-21)26-24(30)11-15-7-8-20-16(10-15)4-3-9-25-20/h1-10,14,17-18,29H,11-13H2,(H2,26,27,28,30)/t17-,18+. The predicted octanol–water partition coefficient (Wildman–Crippen LogP) is 4.51. The first-order chi connectivity index (χ1) is 14.7. The minimum absolute atomic E-state index is 0.100. The van der Waals surface area contributed by atoms with Crippen LogP contribution >= 0.6 is 0 Å². The van der Waals surface area contributed by atoms with Crippen LogP contribution < -0.4 is 5.32 Å². The first-order valence-electron chi connectivity index (χ1n) is 10.1. The summed E-state index contributed by atoms with van der Waals surface area (Å²) in [5.41, 5.74) is 3.88. The van der Waals surface area contributed by atoms with Crippen LogP contribution in [-0.2, 0) is 11.2 Å². The third-order valence-electron chi connectivity index (χ3n) is 5.85. The maximum atomic E-state index is 12.4. The zero-order valence-corrected chi connectivity index (χ0v) is 16.4. The van der Waals surface area contributed by atoms with Crippen LogP contribution in [0.15, 0.2) is 66.9 Å². The lowest BCUT2D eigenvalue weighted by molar-refractivity contribution is -0.115. The van der Waals surface area contributed by atoms with Crippen LogP contribution in [0.5, 0.6) is 5.75 Å². The van der Waals surface area contributed by atoms with E-state index >= 15 is 0 Å². The maximum Gasteiger partial charge on any atom is 0.229 e. The molecule has 1 amide bonds. The number of hydrogen-bond donors (Lipinski definition) is 3. The molecule has 0 spiro atoms. The van der Waals surface area contributed by atoms with Gasteiger partial charge in [0.15, 0.2) is 5.82 Å². The van der Waals surface area contributed by atoms with Crippen LogP contribution in [0.25, 0.3) is 10.9 Å². The van der Waals surface area contributed by atoms with Crippen LogP contribution in [0.4, 0.5) is 5.82 Å². The number of nitrogens with one attached hydrogen (secondary N) is 2. The van der Waals surface area contributed by atoms with Crippen molar-refractivity contribution in [3.05, 3.63) is 83.7 Å². The van der Waals surface area contributed by atoms with Crippen molar-refractivity contribution in [3.8, 4) is 5.75 Å². The number of phenols is 1. The number of rotatable bonds is 5. The number of pyridine rings is 1. The molecule has 5 rings (SSSR count). The molecular formula is C24H22N4O2. The first-order valence-corrected chi connectivity index (χ1v) is 10.1. The van der Waals surface area contributed by atoms with Crippen molar-refractivity contribution in [2.24, 2.45) is 0 Å². The van der Waals surface area contributed by atoms with Gasteiger partial charge in [-0.15, -0.1) is 0 Å². The summed E-state index contributed by atoms with van der Waals surface area (Å²) in [5.74, 6) is 1.53. The molecule has 0 bridgehead atoms. The van der Waals surface area contributed by atoms with Gasteiger partial charge >= 0.3 is 0 Å². The Labute approximate surface area is 174 Å². The van der Waals surface area contributed by atoms with Crippen LogP contribution in [0.3, 0.4) is 0 Å². The summed E-state index contributed by atoms with van der Waals surface area (Å²) in [5, 5.41) is 21.2. The lowest BCUT2D eigenvalue weighted by Crippen LogP contribution is -2.20. The molecule has 150 valence electrons. The Morgan fingerprint density at radius 3 is 2.80 bits per heavy atom. The first kappa shape index (κ1) is 18.4. The molecule has 1 aliphatic rings. The summed E-state index contributed by atoms with van der Waals surface area (Å²) < 4.78 is 0. The van der Waals surface area contributed by atoms with Gasteiger partial charge in [0.25, 0.3) is 0 Å². The number of carbonyl (C=O) groups excluding carboxylic acids is 1. The Hall–Kier alpha value is -3.67. The molecule has 0 saturated heterocycles. The van der Waals surface area contributed by atoms with E-state index < -0.39 is 0 Å². The van der Waals surface area contributed by atoms with E-state index in [1.165, 1.54) is 0 Å². The number of aromatic hydroxyl groups is 1. The number of phenolic OH excluding ortho intramolecular Hbond substituents is 1. The number of amides is 1. The van der Waals surface area contributed by atoms with E-state index in [9.17, 15) is 9.90 Å². The molecule has 1 fully saturated rings. The van der Waals surface area contributed by atoms with Crippen LogP contribution in [0, 0.1) is 0 Å². The Morgan fingerprint density at radius 1 is 1.07 bits per heavy atom. The Morgan fingerprint density at radius 2 is 1.93 bits per heavy atom. The molecule has 0 unspecified atom stereocenters. The summed E-state index contributed by atoms with van der Waals surface area (Å²) in [7, 11) is 0. The summed E-state index contributed by atoms with van der Waals surface area (Å²) in [6, 6.07) is 19.2. The highest BCUT2D eigenvalue weighted by atomic mass is 16.3. The number of fused-ring (bicyclic) bond motifs is 1. The highest BCUT2D eigenvalue weighted by Gasteiger charge is 2.34. The van der Waals surface area contributed by atoms with Gasteiger partial charge in [0.2, 0.25) is 5.91 Å². The number of aromatic nitrogens is 3. The van der Waals surface area contributed by atoms with E-state index in [2.05, 4.69) is 20.5 Å². The summed E-state index contributed by atoms with van der Waals surface area (Å²) >= 11 is 0. The van der Waals surface area contributed by atoms with Crippen molar-refractivity contribution < 1.29 is 9.90 Å². The number of anilines is 1. The highest BCUT2D eigenvalue weighted by Crippen LogP contribution is 2.49. The lowest BCUT2D eigenvalue weighted by Gasteiger charge is -2.35. The fourth-order valence-electron chi connectivity index (χ4n) is 4.18. The second-order valence-corrected chi connectivity index (χ2v) is 7.89. The van der Waals surface area contributed by atoms with E-state index in [-0.39, 0.29) is 12.3 Å². The quantitative estimate of drug-likeness (QED) is 0.461. The molecule has 1 saturated carbocycles. The second-order valence-electron chi connectivity index (χ2n) is 7.89. The van der Waals surface area contributed by atoms with Crippen LogP contribution in [-0.4, -0.2) is 26.2 Å². The molecule has 30 heavy (non-hydrogen) atoms. The molecule has 2 aromatic heterocycles. The van der Waals surface area contributed by atoms with Gasteiger partial charge in [-0.25, -0.2) is 0 Å². The third kappa shape index (κ3) is 3.64. The molecule has 6 heteroatoms. The largest absolute Gasteiger partial charge is 0.508 e. The Balaban J connectivity index is 1.19. The van der Waals surface area contributed by atoms with Gasteiger partial charge in [-0.05, 0) is 54.2 Å². The minimum Gasteiger partial charge on any atom is -0.508 e. The number of hydrogen-bond acceptors (Lipinski definition) is 4. The average molecular weight is 398 g/mol. The van der Waals surface area contributed by atoms with Gasteiger partial charge in [0.1, 0.15) is 5.75 Å². The number of aromatic amines is 1. The predicted molar refractivity (Wildman–Crippen MR) is 115 cm³/mol. The minimum atomic E-state index is -0.100. The molecule has 0 atom stereocenters. The summed E-state index contributed by atoms with van der Waals surface area (Å²) in [6.07, 6.45) is 3.96. The zero-order chi connectivity index (χ0) is 20.5. The van der Waals surface area contributed by atoms with Crippen molar-refractivity contribution in [3.63, 3.8) is 0 Å². The second kappa shape index (κ2) is 7.63. The van der Waals surface area contributed by atoms with Crippen molar-refractivity contribution in [2.75, 3.05) is 5.32 Å². The molecular weight excluding hydrogens is 376 g/mol. The Kier molecular flexibility index (Phi) is 4.67. The summed E-state index contributed by atoms with van der Waals surface area (Å²) in [6.45, 7) is 0. The monoisotopic (exact) mass is 398 g/mol. The van der Waals surface area contributed by atoms with E-state index in [0.29, 0.717) is 23.4 Å². The van der Waals surface area contributed by atoms with E-state index in [4.69, 9.17) is 0 Å². The molecule has 1 aliphatic carbocycles. The highest BCUT2D eigenvalue weighted by molar-refractivity contribution is 5.92. The van der Waals surface area contributed by atoms with E-state index in [1.54, 1.807) is 12.3 Å². The topological polar surface area (TPSA) is 90.9 Å². The number of carbonyl (C=O) groups is 1. The van der Waals surface area contributed by atoms with Gasteiger partial charge in [0.05, 0.1) is 11.9 Å². The van der Waals surface area contributed by atoms with Crippen molar-refractivity contribution in [1.29, 1.82) is 0 Å². The Bertz CT molecular complexity index is 1210. The van der Waals surface area contributed by atoms with Gasteiger partial charge in [0, 0.05) is 29.3 Å². The molecule has 3 N–H and O–H groups in total. The lowest BCUT2D eigenvalue weighted by atomic mass is 9.70. The maximum absolute atomic E-state index is 12.4. The molecule has 0 radical (unpaired) electrons. The van der Waals surface area contributed by atoms with Crippen molar-refractivity contribution >= 4 is 22.6 Å². The smallest absolute Gasteiger partial charge is 0.229 e. The van der Waals surface area contributed by atoms with Gasteiger partial charge < -0.3 is 10.4 Å². The van der Waals surface area contributed by atoms with Gasteiger partial charge in [-0.1, -0.05) is 30.3 Å². The number of H-pyrrole nitrogens is 1. The van der Waals surface area contributed by atoms with E-state index in [1.807, 2.05) is 54.6 Å². The molecule has 2 aromatic carbocycles. The fourth-order valence-corrected chi connectivity index (χ4v) is 4.18. The normalized spacial score (nSPS) is 18.1. The zero-order valence-electron chi connectivity index (χ0n) is 16.4. The fraction of sp³-hybridized carbons (Fsp3) is 0.208. The third-order valence-corrected chi connectivity index (χ3v) is 5.85. The molecule has 4 aromatic rings. The van der Waals surface area contributed by atoms with Crippen LogP contribution in [0.2, 0.25) is 0 Å². The van der Waals surface area contributed by atoms with E-state index in [0.717, 1.165) is 40.6 Å². The molecule has 0 aliphatic heterocycles. The number of para-hydroxylation sites is 1. The SMILES string of the molecule is O=C(Cc1ccc2ncccc2c1)Nc1cc([C@H]2C[C@@H](c3ccccc3O)C2)[nH]n1. The molecule has 6 nitrogen and oxygen atoms in total. The van der Waals surface area contributed by atoms with Gasteiger partial charge in [-0.2, -0.15) is 5.10 Å². The molecule has 2 heterocycles. The average Bonchev–Trinajstić information content (AvgIpc) is 3.16. The van der Waals surface area contributed by atoms with Crippen molar-refractivity contribution in [1.82, 2.24) is 15.2 Å². The summed E-state index contributed by atoms with van der Waals surface area (Å²) in [4.78, 5) is 16.7. The van der Waals surface area contributed by atoms with Crippen molar-refractivity contribution in [2.45, 2.75) is 31.1 Å². The number of benzene rings is 2.